The monoisotopic (exact) mass is 140 g/mol. The fourth-order valence-corrected chi connectivity index (χ4v) is 2.28. The van der Waals surface area contributed by atoms with Crippen LogP contribution < -0.4 is 10.9 Å². The molecule has 0 radical (unpaired) electrons. The van der Waals surface area contributed by atoms with Crippen molar-refractivity contribution >= 4 is 0 Å². The molecule has 0 aromatic carbocycles. The van der Waals surface area contributed by atoms with Gasteiger partial charge in [0, 0.05) is 12.1 Å². The highest BCUT2D eigenvalue weighted by Crippen LogP contribution is 2.29. The summed E-state index contributed by atoms with van der Waals surface area (Å²) in [6.07, 6.45) is 5.66. The van der Waals surface area contributed by atoms with E-state index in [2.05, 4.69) is 17.8 Å². The molecule has 2 aliphatic rings. The lowest BCUT2D eigenvalue weighted by atomic mass is 9.82. The van der Waals surface area contributed by atoms with Gasteiger partial charge in [0.2, 0.25) is 0 Å². The van der Waals surface area contributed by atoms with E-state index in [0.29, 0.717) is 6.04 Å². The molecule has 2 heteroatoms. The quantitative estimate of drug-likeness (QED) is 0.525. The molecule has 2 fully saturated rings. The molecule has 2 nitrogen and oxygen atoms in total. The number of fused-ring (bicyclic) bond motifs is 1. The number of hydrogen-bond acceptors (Lipinski definition) is 2. The molecule has 3 atom stereocenters. The minimum Gasteiger partial charge on any atom is -0.254 e. The van der Waals surface area contributed by atoms with Crippen LogP contribution in [0.5, 0.6) is 0 Å². The first-order valence-electron chi connectivity index (χ1n) is 4.39. The first-order chi connectivity index (χ1) is 4.88. The van der Waals surface area contributed by atoms with Gasteiger partial charge in [0.05, 0.1) is 0 Å². The molecule has 3 unspecified atom stereocenters. The minimum absolute atomic E-state index is 0.699. The number of hydrogen-bond donors (Lipinski definition) is 2. The van der Waals surface area contributed by atoms with Gasteiger partial charge < -0.3 is 0 Å². The van der Waals surface area contributed by atoms with Crippen molar-refractivity contribution in [2.45, 2.75) is 44.7 Å². The summed E-state index contributed by atoms with van der Waals surface area (Å²) in [5.74, 6) is 0.911. The van der Waals surface area contributed by atoms with Gasteiger partial charge in [-0.25, -0.2) is 0 Å². The third kappa shape index (κ3) is 0.956. The molecule has 0 aromatic heterocycles. The SMILES string of the molecule is CC1NNC2CCCCC12. The molecule has 58 valence electrons. The molecule has 1 saturated heterocycles. The van der Waals surface area contributed by atoms with Crippen LogP contribution in [-0.2, 0) is 0 Å². The van der Waals surface area contributed by atoms with Gasteiger partial charge in [-0.15, -0.1) is 0 Å². The van der Waals surface area contributed by atoms with E-state index in [1.165, 1.54) is 25.7 Å². The van der Waals surface area contributed by atoms with Crippen LogP contribution in [0.15, 0.2) is 0 Å². The molecule has 1 saturated carbocycles. The van der Waals surface area contributed by atoms with Crippen LogP contribution in [0.25, 0.3) is 0 Å². The maximum atomic E-state index is 3.36. The molecule has 2 N–H and O–H groups in total. The molecule has 0 bridgehead atoms. The minimum atomic E-state index is 0.699. The predicted octanol–water partition coefficient (Wildman–Crippen LogP) is 1.04. The van der Waals surface area contributed by atoms with E-state index in [9.17, 15) is 0 Å². The first-order valence-corrected chi connectivity index (χ1v) is 4.39. The van der Waals surface area contributed by atoms with Gasteiger partial charge in [-0.1, -0.05) is 12.8 Å². The molecule has 0 aromatic rings. The lowest BCUT2D eigenvalue weighted by Crippen LogP contribution is -2.33. The third-order valence-corrected chi connectivity index (χ3v) is 2.96. The fourth-order valence-electron chi connectivity index (χ4n) is 2.28. The van der Waals surface area contributed by atoms with E-state index in [4.69, 9.17) is 0 Å². The predicted molar refractivity (Wildman–Crippen MR) is 41.5 cm³/mol. The number of rotatable bonds is 0. The van der Waals surface area contributed by atoms with Gasteiger partial charge in [-0.05, 0) is 25.7 Å². The number of hydrazine groups is 1. The molecule has 1 heterocycles. The van der Waals surface area contributed by atoms with E-state index in [0.717, 1.165) is 12.0 Å². The van der Waals surface area contributed by atoms with Gasteiger partial charge in [0.25, 0.3) is 0 Å². The summed E-state index contributed by atoms with van der Waals surface area (Å²) in [5, 5.41) is 0. The summed E-state index contributed by atoms with van der Waals surface area (Å²) in [5.41, 5.74) is 6.67. The van der Waals surface area contributed by atoms with Crippen LogP contribution in [0.1, 0.15) is 32.6 Å². The molecule has 1 aliphatic heterocycles. The van der Waals surface area contributed by atoms with E-state index in [1.807, 2.05) is 0 Å². The fraction of sp³-hybridized carbons (Fsp3) is 1.00. The summed E-state index contributed by atoms with van der Waals surface area (Å²) in [6.45, 7) is 2.28. The maximum Gasteiger partial charge on any atom is 0.0256 e. The highest BCUT2D eigenvalue weighted by molar-refractivity contribution is 4.90. The second kappa shape index (κ2) is 2.51. The van der Waals surface area contributed by atoms with Gasteiger partial charge in [0.15, 0.2) is 0 Å². The molecule has 2 rings (SSSR count). The first kappa shape index (κ1) is 6.62. The van der Waals surface area contributed by atoms with Crippen molar-refractivity contribution in [3.63, 3.8) is 0 Å². The van der Waals surface area contributed by atoms with Gasteiger partial charge in [-0.2, -0.15) is 0 Å². The van der Waals surface area contributed by atoms with Crippen molar-refractivity contribution in [2.24, 2.45) is 5.92 Å². The van der Waals surface area contributed by atoms with E-state index >= 15 is 0 Å². The van der Waals surface area contributed by atoms with Crippen molar-refractivity contribution < 1.29 is 0 Å². The Kier molecular flexibility index (Phi) is 1.66. The van der Waals surface area contributed by atoms with Crippen molar-refractivity contribution in [1.82, 2.24) is 10.9 Å². The van der Waals surface area contributed by atoms with Crippen molar-refractivity contribution in [3.05, 3.63) is 0 Å². The second-order valence-electron chi connectivity index (χ2n) is 3.63. The normalized spacial score (nSPS) is 47.1. The van der Waals surface area contributed by atoms with Gasteiger partial charge in [-0.3, -0.25) is 10.9 Å². The van der Waals surface area contributed by atoms with E-state index in [1.54, 1.807) is 0 Å². The van der Waals surface area contributed by atoms with Crippen LogP contribution in [0, 0.1) is 5.92 Å². The zero-order valence-corrected chi connectivity index (χ0v) is 6.56. The Balaban J connectivity index is 2.01. The highest BCUT2D eigenvalue weighted by atomic mass is 15.4. The molecule has 10 heavy (non-hydrogen) atoms. The van der Waals surface area contributed by atoms with Crippen LogP contribution >= 0.6 is 0 Å². The Hall–Kier alpha value is -0.0800. The average molecular weight is 140 g/mol. The Morgan fingerprint density at radius 3 is 2.70 bits per heavy atom. The van der Waals surface area contributed by atoms with Crippen molar-refractivity contribution in [3.8, 4) is 0 Å². The molecule has 0 spiro atoms. The van der Waals surface area contributed by atoms with Crippen LogP contribution in [0.2, 0.25) is 0 Å². The maximum absolute atomic E-state index is 3.36. The van der Waals surface area contributed by atoms with E-state index < -0.39 is 0 Å². The standard InChI is InChI=1S/C8H16N2/c1-6-7-4-2-3-5-8(7)10-9-6/h6-10H,2-5H2,1H3. The molecular formula is C8H16N2. The third-order valence-electron chi connectivity index (χ3n) is 2.96. The zero-order chi connectivity index (χ0) is 6.97. The number of nitrogens with one attached hydrogen (secondary N) is 2. The molecular weight excluding hydrogens is 124 g/mol. The Morgan fingerprint density at radius 2 is 1.90 bits per heavy atom. The van der Waals surface area contributed by atoms with E-state index in [-0.39, 0.29) is 0 Å². The Morgan fingerprint density at radius 1 is 1.10 bits per heavy atom. The summed E-state index contributed by atoms with van der Waals surface area (Å²) >= 11 is 0. The smallest absolute Gasteiger partial charge is 0.0256 e. The summed E-state index contributed by atoms with van der Waals surface area (Å²) in [4.78, 5) is 0. The zero-order valence-electron chi connectivity index (χ0n) is 6.56. The largest absolute Gasteiger partial charge is 0.254 e. The summed E-state index contributed by atoms with van der Waals surface area (Å²) in [7, 11) is 0. The average Bonchev–Trinajstić information content (AvgIpc) is 2.34. The Labute approximate surface area is 62.4 Å². The summed E-state index contributed by atoms with van der Waals surface area (Å²) in [6, 6.07) is 1.48. The summed E-state index contributed by atoms with van der Waals surface area (Å²) < 4.78 is 0. The van der Waals surface area contributed by atoms with Crippen molar-refractivity contribution in [2.75, 3.05) is 0 Å². The van der Waals surface area contributed by atoms with Crippen LogP contribution in [0.4, 0.5) is 0 Å². The Bertz CT molecular complexity index is 122. The van der Waals surface area contributed by atoms with Crippen molar-refractivity contribution in [1.29, 1.82) is 0 Å². The lowest BCUT2D eigenvalue weighted by Gasteiger charge is -2.25. The second-order valence-corrected chi connectivity index (χ2v) is 3.63. The van der Waals surface area contributed by atoms with Gasteiger partial charge >= 0.3 is 0 Å². The molecule has 0 amide bonds. The molecule has 1 aliphatic carbocycles. The topological polar surface area (TPSA) is 24.1 Å². The highest BCUT2D eigenvalue weighted by Gasteiger charge is 2.34. The van der Waals surface area contributed by atoms with Crippen LogP contribution in [-0.4, -0.2) is 12.1 Å². The van der Waals surface area contributed by atoms with Crippen LogP contribution in [0.3, 0.4) is 0 Å². The lowest BCUT2D eigenvalue weighted by molar-refractivity contribution is 0.312. The van der Waals surface area contributed by atoms with Gasteiger partial charge in [0.1, 0.15) is 0 Å².